The summed E-state index contributed by atoms with van der Waals surface area (Å²) in [5.74, 6) is 0. The van der Waals surface area contributed by atoms with Gasteiger partial charge in [-0.25, -0.2) is 0 Å². The van der Waals surface area contributed by atoms with Crippen molar-refractivity contribution in [2.45, 2.75) is 50.1 Å². The van der Waals surface area contributed by atoms with Crippen molar-refractivity contribution in [2.75, 3.05) is 13.2 Å². The maximum absolute atomic E-state index is 6.19. The predicted octanol–water partition coefficient (Wildman–Crippen LogP) is 2.47. The molecule has 0 bridgehead atoms. The Kier molecular flexibility index (Phi) is 3.43. The van der Waals surface area contributed by atoms with Crippen molar-refractivity contribution < 1.29 is 14.2 Å². The fraction of sp³-hybridized carbons (Fsp3) is 0.714. The van der Waals surface area contributed by atoms with Gasteiger partial charge >= 0.3 is 0 Å². The molecular formula is C14H22O3. The van der Waals surface area contributed by atoms with E-state index in [9.17, 15) is 0 Å². The SMILES string of the molecule is C=CCC(OC(CC=C)C1(C)CO1)C1(C)CO1. The molecule has 0 aromatic carbocycles. The van der Waals surface area contributed by atoms with Crippen LogP contribution < -0.4 is 0 Å². The van der Waals surface area contributed by atoms with Gasteiger partial charge in [-0.1, -0.05) is 12.2 Å². The Morgan fingerprint density at radius 1 is 1.06 bits per heavy atom. The Hall–Kier alpha value is -0.640. The summed E-state index contributed by atoms with van der Waals surface area (Å²) in [4.78, 5) is 0. The summed E-state index contributed by atoms with van der Waals surface area (Å²) >= 11 is 0. The van der Waals surface area contributed by atoms with Crippen LogP contribution in [0.1, 0.15) is 26.7 Å². The summed E-state index contributed by atoms with van der Waals surface area (Å²) in [6.07, 6.45) is 5.51. The van der Waals surface area contributed by atoms with E-state index in [-0.39, 0.29) is 23.4 Å². The monoisotopic (exact) mass is 238 g/mol. The lowest BCUT2D eigenvalue weighted by atomic mass is 9.99. The minimum absolute atomic E-state index is 0.0611. The van der Waals surface area contributed by atoms with Crippen molar-refractivity contribution in [1.29, 1.82) is 0 Å². The van der Waals surface area contributed by atoms with E-state index in [1.165, 1.54) is 0 Å². The van der Waals surface area contributed by atoms with E-state index in [0.29, 0.717) is 0 Å². The Morgan fingerprint density at radius 2 is 1.41 bits per heavy atom. The van der Waals surface area contributed by atoms with Gasteiger partial charge in [0.25, 0.3) is 0 Å². The van der Waals surface area contributed by atoms with Gasteiger partial charge in [0.1, 0.15) is 11.2 Å². The van der Waals surface area contributed by atoms with Crippen LogP contribution in [0.3, 0.4) is 0 Å². The number of ether oxygens (including phenoxy) is 3. The molecule has 4 atom stereocenters. The molecule has 2 aliphatic rings. The average molecular weight is 238 g/mol. The van der Waals surface area contributed by atoms with Crippen LogP contribution in [0, 0.1) is 0 Å². The van der Waals surface area contributed by atoms with Gasteiger partial charge in [-0.3, -0.25) is 0 Å². The van der Waals surface area contributed by atoms with Crippen molar-refractivity contribution in [3.8, 4) is 0 Å². The smallest absolute Gasteiger partial charge is 0.115 e. The summed E-state index contributed by atoms with van der Waals surface area (Å²) in [6.45, 7) is 13.3. The first-order chi connectivity index (χ1) is 8.04. The van der Waals surface area contributed by atoms with Crippen molar-refractivity contribution in [1.82, 2.24) is 0 Å². The zero-order valence-electron chi connectivity index (χ0n) is 10.8. The molecule has 0 aliphatic carbocycles. The van der Waals surface area contributed by atoms with E-state index in [1.54, 1.807) is 0 Å². The normalized spacial score (nSPS) is 38.2. The molecule has 17 heavy (non-hydrogen) atoms. The minimum atomic E-state index is -0.140. The number of epoxide rings is 2. The van der Waals surface area contributed by atoms with Gasteiger partial charge in [-0.2, -0.15) is 0 Å². The Bertz CT molecular complexity index is 273. The van der Waals surface area contributed by atoms with E-state index in [4.69, 9.17) is 14.2 Å². The van der Waals surface area contributed by atoms with Crippen molar-refractivity contribution in [2.24, 2.45) is 0 Å². The first-order valence-corrected chi connectivity index (χ1v) is 6.19. The first-order valence-electron chi connectivity index (χ1n) is 6.19. The lowest BCUT2D eigenvalue weighted by Crippen LogP contribution is -2.39. The van der Waals surface area contributed by atoms with Crippen LogP contribution in [0.4, 0.5) is 0 Å². The molecule has 3 heteroatoms. The molecule has 3 nitrogen and oxygen atoms in total. The molecule has 0 aromatic heterocycles. The molecule has 0 spiro atoms. The molecule has 0 saturated carbocycles. The maximum Gasteiger partial charge on any atom is 0.115 e. The highest BCUT2D eigenvalue weighted by Crippen LogP contribution is 2.40. The second-order valence-corrected chi connectivity index (χ2v) is 5.36. The molecule has 0 N–H and O–H groups in total. The average Bonchev–Trinajstić information content (AvgIpc) is 3.18. The Labute approximate surface area is 103 Å². The predicted molar refractivity (Wildman–Crippen MR) is 67.0 cm³/mol. The highest BCUT2D eigenvalue weighted by molar-refractivity contribution is 5.03. The third-order valence-electron chi connectivity index (χ3n) is 3.65. The fourth-order valence-corrected chi connectivity index (χ4v) is 2.00. The highest BCUT2D eigenvalue weighted by atomic mass is 16.6. The number of hydrogen-bond acceptors (Lipinski definition) is 3. The van der Waals surface area contributed by atoms with Gasteiger partial charge in [-0.05, 0) is 26.7 Å². The molecule has 0 radical (unpaired) electrons. The second kappa shape index (κ2) is 4.56. The fourth-order valence-electron chi connectivity index (χ4n) is 2.00. The van der Waals surface area contributed by atoms with Crippen LogP contribution in [0.5, 0.6) is 0 Å². The lowest BCUT2D eigenvalue weighted by Gasteiger charge is -2.28. The third-order valence-corrected chi connectivity index (χ3v) is 3.65. The van der Waals surface area contributed by atoms with Crippen LogP contribution in [0.15, 0.2) is 25.3 Å². The standard InChI is InChI=1S/C14H22O3/c1-5-7-11(13(3)9-15-13)17-12(8-6-2)14(4)10-16-14/h5-6,11-12H,1-2,7-10H2,3-4H3. The maximum atomic E-state index is 6.19. The van der Waals surface area contributed by atoms with Gasteiger partial charge in [0.05, 0.1) is 25.4 Å². The summed E-state index contributed by atoms with van der Waals surface area (Å²) in [7, 11) is 0. The van der Waals surface area contributed by atoms with Crippen LogP contribution in [-0.2, 0) is 14.2 Å². The molecular weight excluding hydrogens is 216 g/mol. The van der Waals surface area contributed by atoms with Crippen LogP contribution in [0.2, 0.25) is 0 Å². The Balaban J connectivity index is 1.99. The minimum Gasteiger partial charge on any atom is -0.368 e. The van der Waals surface area contributed by atoms with Crippen molar-refractivity contribution in [3.63, 3.8) is 0 Å². The quantitative estimate of drug-likeness (QED) is 0.481. The van der Waals surface area contributed by atoms with E-state index < -0.39 is 0 Å². The van der Waals surface area contributed by atoms with Crippen LogP contribution >= 0.6 is 0 Å². The molecule has 2 fully saturated rings. The zero-order valence-corrected chi connectivity index (χ0v) is 10.8. The molecule has 2 aliphatic heterocycles. The third kappa shape index (κ3) is 2.79. The second-order valence-electron chi connectivity index (χ2n) is 5.36. The molecule has 2 rings (SSSR count). The zero-order chi connectivity index (χ0) is 12.5. The number of rotatable bonds is 8. The highest BCUT2D eigenvalue weighted by Gasteiger charge is 2.53. The largest absolute Gasteiger partial charge is 0.368 e. The molecule has 2 saturated heterocycles. The summed E-state index contributed by atoms with van der Waals surface area (Å²) in [5, 5.41) is 0. The van der Waals surface area contributed by atoms with Crippen molar-refractivity contribution in [3.05, 3.63) is 25.3 Å². The molecule has 96 valence electrons. The van der Waals surface area contributed by atoms with Gasteiger partial charge in [-0.15, -0.1) is 13.2 Å². The van der Waals surface area contributed by atoms with E-state index in [0.717, 1.165) is 26.1 Å². The molecule has 0 amide bonds. The summed E-state index contributed by atoms with van der Waals surface area (Å²) in [5.41, 5.74) is -0.280. The van der Waals surface area contributed by atoms with Crippen LogP contribution in [0.25, 0.3) is 0 Å². The van der Waals surface area contributed by atoms with Gasteiger partial charge in [0.15, 0.2) is 0 Å². The van der Waals surface area contributed by atoms with Gasteiger partial charge < -0.3 is 14.2 Å². The molecule has 2 heterocycles. The molecule has 4 unspecified atom stereocenters. The van der Waals surface area contributed by atoms with Gasteiger partial charge in [0.2, 0.25) is 0 Å². The first kappa shape index (κ1) is 12.8. The van der Waals surface area contributed by atoms with Gasteiger partial charge in [0, 0.05) is 0 Å². The number of hydrogen-bond donors (Lipinski definition) is 0. The van der Waals surface area contributed by atoms with E-state index in [2.05, 4.69) is 27.0 Å². The topological polar surface area (TPSA) is 34.3 Å². The van der Waals surface area contributed by atoms with E-state index >= 15 is 0 Å². The van der Waals surface area contributed by atoms with Crippen molar-refractivity contribution >= 4 is 0 Å². The summed E-state index contributed by atoms with van der Waals surface area (Å²) < 4.78 is 17.2. The van der Waals surface area contributed by atoms with E-state index in [1.807, 2.05) is 12.2 Å². The lowest BCUT2D eigenvalue weighted by molar-refractivity contribution is -0.0746. The Morgan fingerprint density at radius 3 is 1.65 bits per heavy atom. The van der Waals surface area contributed by atoms with Crippen LogP contribution in [-0.4, -0.2) is 36.6 Å². The molecule has 0 aromatic rings. The summed E-state index contributed by atoms with van der Waals surface area (Å²) in [6, 6.07) is 0.